The van der Waals surface area contributed by atoms with E-state index < -0.39 is 30.1 Å². The molecule has 0 amide bonds. The predicted molar refractivity (Wildman–Crippen MR) is 143 cm³/mol. The van der Waals surface area contributed by atoms with Crippen LogP contribution in [0, 0.1) is 20.8 Å². The van der Waals surface area contributed by atoms with Gasteiger partial charge in [-0.1, -0.05) is 53.1 Å². The van der Waals surface area contributed by atoms with Gasteiger partial charge >= 0.3 is 29.6 Å². The Balaban J connectivity index is 0.00000507. The fourth-order valence-corrected chi connectivity index (χ4v) is 6.65. The molecule has 0 heterocycles. The molecular weight excluding hydrogens is 557 g/mol. The van der Waals surface area contributed by atoms with Crippen LogP contribution < -0.4 is 29.6 Å². The quantitative estimate of drug-likeness (QED) is 0.292. The second-order valence-electron chi connectivity index (χ2n) is 8.50. The fourth-order valence-electron chi connectivity index (χ4n) is 3.33. The second-order valence-corrected chi connectivity index (χ2v) is 13.8. The van der Waals surface area contributed by atoms with Crippen LogP contribution in [-0.2, 0) is 30.1 Å². The van der Waals surface area contributed by atoms with Crippen LogP contribution in [0.4, 0.5) is 0 Å². The number of hydrogen-bond donors (Lipinski definition) is 0. The third-order valence-corrected chi connectivity index (χ3v) is 10.2. The van der Waals surface area contributed by atoms with Gasteiger partial charge in [0.1, 0.15) is 20.0 Å². The van der Waals surface area contributed by atoms with Crippen LogP contribution in [0.3, 0.4) is 0 Å². The van der Waals surface area contributed by atoms with E-state index in [1.807, 2.05) is 20.8 Å². The number of rotatable bonds is 12. The predicted octanol–water partition coefficient (Wildman–Crippen LogP) is 1.13. The van der Waals surface area contributed by atoms with Crippen molar-refractivity contribution in [1.29, 1.82) is 0 Å². The molecule has 0 aliphatic carbocycles. The monoisotopic (exact) mass is 586 g/mol. The molecule has 0 fully saturated rings. The molecule has 0 radical (unpaired) electrons. The van der Waals surface area contributed by atoms with Gasteiger partial charge in [0.15, 0.2) is 0 Å². The average Bonchev–Trinajstić information content (AvgIpc) is 2.84. The van der Waals surface area contributed by atoms with Crippen molar-refractivity contribution in [1.82, 2.24) is 4.31 Å². The molecule has 200 valence electrons. The summed E-state index contributed by atoms with van der Waals surface area (Å²) in [5.74, 6) is 0. The van der Waals surface area contributed by atoms with Crippen LogP contribution >= 0.6 is 0 Å². The third kappa shape index (κ3) is 8.70. The Kier molecular flexibility index (Phi) is 11.7. The summed E-state index contributed by atoms with van der Waals surface area (Å²) in [4.78, 5) is 0.0105. The molecule has 38 heavy (non-hydrogen) atoms. The van der Waals surface area contributed by atoms with Gasteiger partial charge < -0.3 is 9.44 Å². The van der Waals surface area contributed by atoms with E-state index in [1.165, 1.54) is 36.4 Å². The average molecular weight is 587 g/mol. The largest absolute Gasteiger partial charge is 1.00 e. The van der Waals surface area contributed by atoms with Crippen molar-refractivity contribution in [3.05, 3.63) is 98.9 Å². The number of hydrogen-bond acceptors (Lipinski definition) is 6. The molecule has 3 aromatic rings. The van der Waals surface area contributed by atoms with Crippen LogP contribution in [0.15, 0.2) is 87.5 Å². The van der Waals surface area contributed by atoms with Crippen molar-refractivity contribution >= 4 is 30.1 Å². The first-order valence-corrected chi connectivity index (χ1v) is 15.7. The SMILES string of the molecule is Cc1ccc(S(=O)(=O)[N-]CCN(CC[N-]S(=O)(=O)c2ccc(C)cc2)S(=O)(=O)c2ccc(C)cc2)cc1.[Na+]. The van der Waals surface area contributed by atoms with Crippen molar-refractivity contribution in [2.75, 3.05) is 26.2 Å². The second kappa shape index (κ2) is 13.6. The number of aryl methyl sites for hydroxylation is 3. The van der Waals surface area contributed by atoms with Crippen LogP contribution in [-0.4, -0.2) is 55.7 Å². The Bertz CT molecular complexity index is 1440. The molecule has 9 nitrogen and oxygen atoms in total. The summed E-state index contributed by atoms with van der Waals surface area (Å²) in [5.41, 5.74) is 2.64. The van der Waals surface area contributed by atoms with Crippen molar-refractivity contribution in [3.8, 4) is 0 Å². The first-order chi connectivity index (χ1) is 17.3. The fraction of sp³-hybridized carbons (Fsp3) is 0.280. The smallest absolute Gasteiger partial charge is 0.544 e. The summed E-state index contributed by atoms with van der Waals surface area (Å²) in [5, 5.41) is 0. The Morgan fingerprint density at radius 2 is 0.816 bits per heavy atom. The minimum Gasteiger partial charge on any atom is -0.544 e. The Morgan fingerprint density at radius 1 is 0.526 bits per heavy atom. The van der Waals surface area contributed by atoms with Crippen LogP contribution in [0.25, 0.3) is 9.44 Å². The molecule has 0 bridgehead atoms. The molecule has 0 aliphatic heterocycles. The first-order valence-electron chi connectivity index (χ1n) is 11.4. The molecule has 0 spiro atoms. The van der Waals surface area contributed by atoms with E-state index in [-0.39, 0.29) is 70.4 Å². The van der Waals surface area contributed by atoms with Gasteiger partial charge in [-0.25, -0.2) is 29.6 Å². The van der Waals surface area contributed by atoms with Gasteiger partial charge in [0.25, 0.3) is 0 Å². The molecule has 3 rings (SSSR count). The van der Waals surface area contributed by atoms with E-state index in [1.54, 1.807) is 36.4 Å². The van der Waals surface area contributed by atoms with Crippen molar-refractivity contribution in [2.45, 2.75) is 35.5 Å². The zero-order valence-electron chi connectivity index (χ0n) is 21.8. The number of sulfonamides is 3. The summed E-state index contributed by atoms with van der Waals surface area (Å²) < 4.78 is 85.4. The molecular formula is C25H29N3NaO6S3-. The maximum atomic E-state index is 13.3. The molecule has 0 N–H and O–H groups in total. The third-order valence-electron chi connectivity index (χ3n) is 5.52. The first kappa shape index (κ1) is 32.6. The molecule has 0 unspecified atom stereocenters. The molecule has 3 aromatic carbocycles. The maximum Gasteiger partial charge on any atom is 1.00 e. The summed E-state index contributed by atoms with van der Waals surface area (Å²) in [6.45, 7) is 4.23. The number of nitrogens with zero attached hydrogens (tertiary/aromatic N) is 3. The van der Waals surface area contributed by atoms with E-state index in [4.69, 9.17) is 0 Å². The van der Waals surface area contributed by atoms with Gasteiger partial charge in [-0.2, -0.15) is 0 Å². The van der Waals surface area contributed by atoms with Crippen molar-refractivity contribution < 1.29 is 54.8 Å². The topological polar surface area (TPSA) is 134 Å². The molecule has 0 aliphatic rings. The van der Waals surface area contributed by atoms with E-state index in [2.05, 4.69) is 9.44 Å². The molecule has 0 saturated heterocycles. The summed E-state index contributed by atoms with van der Waals surface area (Å²) in [6.07, 6.45) is 0. The number of benzene rings is 3. The minimum absolute atomic E-state index is 0. The van der Waals surface area contributed by atoms with E-state index >= 15 is 0 Å². The molecule has 0 saturated carbocycles. The van der Waals surface area contributed by atoms with Gasteiger partial charge in [-0.05, 0) is 70.3 Å². The van der Waals surface area contributed by atoms with E-state index in [9.17, 15) is 25.3 Å². The van der Waals surface area contributed by atoms with Gasteiger partial charge in [0.2, 0.25) is 10.0 Å². The zero-order valence-corrected chi connectivity index (χ0v) is 26.2. The molecule has 13 heteroatoms. The minimum atomic E-state index is -4.07. The summed E-state index contributed by atoms with van der Waals surface area (Å²) in [6, 6.07) is 18.5. The van der Waals surface area contributed by atoms with Gasteiger partial charge in [-0.3, -0.25) is 0 Å². The Morgan fingerprint density at radius 3 is 1.13 bits per heavy atom. The zero-order chi connectivity index (χ0) is 27.3. The normalized spacial score (nSPS) is 12.3. The van der Waals surface area contributed by atoms with Crippen molar-refractivity contribution in [3.63, 3.8) is 0 Å². The van der Waals surface area contributed by atoms with Crippen molar-refractivity contribution in [2.24, 2.45) is 0 Å². The summed E-state index contributed by atoms with van der Waals surface area (Å²) in [7, 11) is -12.0. The standard InChI is InChI=1S/C25H29N3O6S3.Na/c1-20-4-10-23(11-5-20)35(29,30)26-16-18-28(37(33,34)25-14-8-22(3)9-15-25)19-17-27-36(31,32)24-12-6-21(2)7-13-24;/h4-15H,16-19H2,1-3H3;/q-2;+1. The Labute approximate surface area is 248 Å². The Hall–Kier alpha value is -1.61. The maximum absolute atomic E-state index is 13.3. The molecule has 0 atom stereocenters. The van der Waals surface area contributed by atoms with Crippen LogP contribution in [0.1, 0.15) is 16.7 Å². The van der Waals surface area contributed by atoms with Crippen LogP contribution in [0.2, 0.25) is 0 Å². The van der Waals surface area contributed by atoms with E-state index in [0.717, 1.165) is 21.0 Å². The van der Waals surface area contributed by atoms with Crippen LogP contribution in [0.5, 0.6) is 0 Å². The van der Waals surface area contributed by atoms with Gasteiger partial charge in [0.05, 0.1) is 4.90 Å². The van der Waals surface area contributed by atoms with Gasteiger partial charge in [-0.15, -0.1) is 13.1 Å². The van der Waals surface area contributed by atoms with E-state index in [0.29, 0.717) is 0 Å². The van der Waals surface area contributed by atoms with Gasteiger partial charge in [0, 0.05) is 9.79 Å². The summed E-state index contributed by atoms with van der Waals surface area (Å²) >= 11 is 0. The molecule has 0 aromatic heterocycles.